The monoisotopic (exact) mass is 312 g/mol. The van der Waals surface area contributed by atoms with Crippen LogP contribution in [0.1, 0.15) is 33.2 Å². The van der Waals surface area contributed by atoms with E-state index in [2.05, 4.69) is 16.3 Å². The first-order valence-electron chi connectivity index (χ1n) is 7.37. The second kappa shape index (κ2) is 4.91. The lowest BCUT2D eigenvalue weighted by Gasteiger charge is -2.29. The molecule has 1 aliphatic heterocycles. The number of rotatable bonds is 1. The van der Waals surface area contributed by atoms with Crippen molar-refractivity contribution in [2.75, 3.05) is 11.4 Å². The van der Waals surface area contributed by atoms with E-state index in [9.17, 15) is 4.79 Å². The molecule has 0 saturated carbocycles. The maximum Gasteiger partial charge on any atom is 0.270 e. The number of benzene rings is 1. The molecule has 5 nitrogen and oxygen atoms in total. The van der Waals surface area contributed by atoms with Gasteiger partial charge in [0.15, 0.2) is 0 Å². The van der Waals surface area contributed by atoms with Crippen LogP contribution < -0.4 is 4.90 Å². The van der Waals surface area contributed by atoms with Gasteiger partial charge in [-0.15, -0.1) is 10.2 Å². The molecule has 0 saturated heterocycles. The van der Waals surface area contributed by atoms with E-state index in [1.165, 1.54) is 16.9 Å². The van der Waals surface area contributed by atoms with Crippen molar-refractivity contribution in [3.05, 3.63) is 46.2 Å². The fourth-order valence-electron chi connectivity index (χ4n) is 3.13. The number of anilines is 1. The molecular weight excluding hydrogens is 296 g/mol. The van der Waals surface area contributed by atoms with E-state index in [1.807, 2.05) is 41.3 Å². The molecule has 2 aromatic heterocycles. The van der Waals surface area contributed by atoms with Crippen molar-refractivity contribution in [1.29, 1.82) is 0 Å². The molecule has 0 unspecified atom stereocenters. The minimum Gasteiger partial charge on any atom is -0.307 e. The van der Waals surface area contributed by atoms with Gasteiger partial charge in [0.2, 0.25) is 4.96 Å². The van der Waals surface area contributed by atoms with E-state index in [1.54, 1.807) is 0 Å². The van der Waals surface area contributed by atoms with Gasteiger partial charge in [-0.2, -0.15) is 0 Å². The Morgan fingerprint density at radius 1 is 1.23 bits per heavy atom. The molecule has 3 heterocycles. The Hall–Kier alpha value is -2.21. The zero-order chi connectivity index (χ0) is 15.3. The van der Waals surface area contributed by atoms with E-state index in [4.69, 9.17) is 0 Å². The molecule has 4 rings (SSSR count). The Morgan fingerprint density at radius 3 is 2.86 bits per heavy atom. The molecule has 0 fully saturated rings. The van der Waals surface area contributed by atoms with Crippen LogP contribution in [0.4, 0.5) is 5.69 Å². The third kappa shape index (κ3) is 1.87. The van der Waals surface area contributed by atoms with Crippen LogP contribution in [0.15, 0.2) is 24.3 Å². The third-order valence-electron chi connectivity index (χ3n) is 4.20. The van der Waals surface area contributed by atoms with E-state index in [-0.39, 0.29) is 5.91 Å². The normalized spacial score (nSPS) is 14.4. The zero-order valence-corrected chi connectivity index (χ0v) is 13.4. The average Bonchev–Trinajstić information content (AvgIpc) is 3.07. The highest BCUT2D eigenvalue weighted by Gasteiger charge is 2.27. The number of hydrogen-bond donors (Lipinski definition) is 0. The summed E-state index contributed by atoms with van der Waals surface area (Å²) in [6, 6.07) is 8.17. The van der Waals surface area contributed by atoms with Gasteiger partial charge in [-0.3, -0.25) is 9.20 Å². The van der Waals surface area contributed by atoms with Crippen molar-refractivity contribution in [1.82, 2.24) is 14.6 Å². The summed E-state index contributed by atoms with van der Waals surface area (Å²) in [6.07, 6.45) is 2.04. The van der Waals surface area contributed by atoms with Gasteiger partial charge >= 0.3 is 0 Å². The summed E-state index contributed by atoms with van der Waals surface area (Å²) >= 11 is 1.42. The van der Waals surface area contributed by atoms with E-state index in [0.29, 0.717) is 0 Å². The molecule has 1 amide bonds. The first-order chi connectivity index (χ1) is 10.7. The number of hydrogen-bond acceptors (Lipinski definition) is 4. The second-order valence-corrected chi connectivity index (χ2v) is 6.55. The molecule has 0 spiro atoms. The summed E-state index contributed by atoms with van der Waals surface area (Å²) in [7, 11) is 0. The van der Waals surface area contributed by atoms with Gasteiger partial charge in [0.05, 0.1) is 0 Å². The molecular formula is C16H16N4OS. The van der Waals surface area contributed by atoms with E-state index in [0.717, 1.165) is 46.4 Å². The predicted molar refractivity (Wildman–Crippen MR) is 86.8 cm³/mol. The summed E-state index contributed by atoms with van der Waals surface area (Å²) in [5, 5.41) is 8.20. The van der Waals surface area contributed by atoms with Gasteiger partial charge in [-0.05, 0) is 38.3 Å². The van der Waals surface area contributed by atoms with Crippen molar-refractivity contribution in [2.24, 2.45) is 0 Å². The highest BCUT2D eigenvalue weighted by molar-refractivity contribution is 7.19. The van der Waals surface area contributed by atoms with Gasteiger partial charge < -0.3 is 4.90 Å². The second-order valence-electron chi connectivity index (χ2n) is 5.57. The van der Waals surface area contributed by atoms with Crippen molar-refractivity contribution >= 4 is 27.9 Å². The van der Waals surface area contributed by atoms with Gasteiger partial charge in [0.1, 0.15) is 10.7 Å². The number of carbonyl (C=O) groups excluding carboxylic acids is 1. The Labute approximate surface area is 132 Å². The van der Waals surface area contributed by atoms with Crippen LogP contribution in [-0.4, -0.2) is 27.0 Å². The van der Waals surface area contributed by atoms with E-state index >= 15 is 0 Å². The van der Waals surface area contributed by atoms with Crippen LogP contribution in [0, 0.1) is 13.8 Å². The average molecular weight is 312 g/mol. The summed E-state index contributed by atoms with van der Waals surface area (Å²) in [6.45, 7) is 4.64. The Bertz CT molecular complexity index is 880. The zero-order valence-electron chi connectivity index (χ0n) is 12.5. The van der Waals surface area contributed by atoms with Crippen LogP contribution in [-0.2, 0) is 6.42 Å². The topological polar surface area (TPSA) is 50.5 Å². The molecule has 0 radical (unpaired) electrons. The molecule has 22 heavy (non-hydrogen) atoms. The van der Waals surface area contributed by atoms with Gasteiger partial charge in [0.25, 0.3) is 5.91 Å². The molecule has 1 aromatic carbocycles. The first-order valence-corrected chi connectivity index (χ1v) is 8.19. The summed E-state index contributed by atoms with van der Waals surface area (Å²) in [5.41, 5.74) is 3.22. The van der Waals surface area contributed by atoms with Crippen LogP contribution in [0.3, 0.4) is 0 Å². The molecule has 6 heteroatoms. The summed E-state index contributed by atoms with van der Waals surface area (Å²) in [5.74, 6) is 0.890. The SMILES string of the molecule is Cc1nnc2sc(C(=O)N3CCCc4ccccc43)c(C)n12. The largest absolute Gasteiger partial charge is 0.307 e. The number of para-hydroxylation sites is 1. The highest BCUT2D eigenvalue weighted by atomic mass is 32.1. The smallest absolute Gasteiger partial charge is 0.270 e. The molecule has 0 atom stereocenters. The van der Waals surface area contributed by atoms with Crippen LogP contribution in [0.2, 0.25) is 0 Å². The molecule has 0 N–H and O–H groups in total. The number of carbonyl (C=O) groups is 1. The Morgan fingerprint density at radius 2 is 2.05 bits per heavy atom. The van der Waals surface area contributed by atoms with E-state index < -0.39 is 0 Å². The molecule has 1 aliphatic rings. The fraction of sp³-hybridized carbons (Fsp3) is 0.312. The molecule has 0 bridgehead atoms. The molecule has 0 aliphatic carbocycles. The lowest BCUT2D eigenvalue weighted by molar-refractivity contribution is 0.0988. The summed E-state index contributed by atoms with van der Waals surface area (Å²) < 4.78 is 1.95. The van der Waals surface area contributed by atoms with Crippen LogP contribution in [0.5, 0.6) is 0 Å². The summed E-state index contributed by atoms with van der Waals surface area (Å²) in [4.78, 5) is 16.5. The predicted octanol–water partition coefficient (Wildman–Crippen LogP) is 3.00. The maximum atomic E-state index is 13.0. The van der Waals surface area contributed by atoms with Crippen LogP contribution >= 0.6 is 11.3 Å². The number of aryl methyl sites for hydroxylation is 3. The van der Waals surface area contributed by atoms with Gasteiger partial charge in [0, 0.05) is 17.9 Å². The van der Waals surface area contributed by atoms with Crippen molar-refractivity contribution in [3.8, 4) is 0 Å². The number of aromatic nitrogens is 3. The van der Waals surface area contributed by atoms with Crippen LogP contribution in [0.25, 0.3) is 4.96 Å². The quantitative estimate of drug-likeness (QED) is 0.694. The third-order valence-corrected chi connectivity index (χ3v) is 5.32. The fourth-order valence-corrected chi connectivity index (χ4v) is 4.19. The van der Waals surface area contributed by atoms with Gasteiger partial charge in [-0.25, -0.2) is 0 Å². The number of amides is 1. The lowest BCUT2D eigenvalue weighted by Crippen LogP contribution is -2.35. The molecule has 3 aromatic rings. The number of nitrogens with zero attached hydrogens (tertiary/aromatic N) is 4. The first kappa shape index (κ1) is 13.5. The van der Waals surface area contributed by atoms with Crippen molar-refractivity contribution < 1.29 is 4.79 Å². The lowest BCUT2D eigenvalue weighted by atomic mass is 10.0. The Kier molecular flexibility index (Phi) is 3.00. The van der Waals surface area contributed by atoms with Crippen molar-refractivity contribution in [2.45, 2.75) is 26.7 Å². The minimum absolute atomic E-state index is 0.0690. The van der Waals surface area contributed by atoms with Crippen molar-refractivity contribution in [3.63, 3.8) is 0 Å². The number of fused-ring (bicyclic) bond motifs is 2. The highest BCUT2D eigenvalue weighted by Crippen LogP contribution is 2.31. The molecule has 112 valence electrons. The minimum atomic E-state index is 0.0690. The standard InChI is InChI=1S/C16H16N4OS/c1-10-14(22-16-18-17-11(2)20(10)16)15(21)19-9-5-7-12-6-3-4-8-13(12)19/h3-4,6,8H,5,7,9H2,1-2H3. The van der Waals surface area contributed by atoms with Gasteiger partial charge in [-0.1, -0.05) is 29.5 Å². The number of thiazole rings is 1. The maximum absolute atomic E-state index is 13.0. The Balaban J connectivity index is 1.80.